The Morgan fingerprint density at radius 2 is 1.88 bits per heavy atom. The molecule has 0 aliphatic carbocycles. The average molecular weight is 372 g/mol. The van der Waals surface area contributed by atoms with Gasteiger partial charge in [0, 0.05) is 15.3 Å². The van der Waals surface area contributed by atoms with E-state index in [0.717, 1.165) is 10.9 Å². The molecule has 126 valence electrons. The molecule has 4 nitrogen and oxygen atoms in total. The van der Waals surface area contributed by atoms with Gasteiger partial charge in [0.2, 0.25) is 5.55 Å². The van der Waals surface area contributed by atoms with Crippen molar-refractivity contribution in [1.82, 2.24) is 0 Å². The van der Waals surface area contributed by atoms with Gasteiger partial charge in [-0.15, -0.1) is 0 Å². The summed E-state index contributed by atoms with van der Waals surface area (Å²) in [5.41, 5.74) is 2.89. The maximum absolute atomic E-state index is 11.5. The number of benzene rings is 2. The zero-order chi connectivity index (χ0) is 18.0. The molecule has 0 unspecified atom stereocenters. The van der Waals surface area contributed by atoms with E-state index >= 15 is 0 Å². The third-order valence-electron chi connectivity index (χ3n) is 3.61. The summed E-state index contributed by atoms with van der Waals surface area (Å²) in [6, 6.07) is 14.0. The largest absolute Gasteiger partial charge is 0.465 e. The quantitative estimate of drug-likeness (QED) is 0.375. The Labute approximate surface area is 154 Å². The van der Waals surface area contributed by atoms with Gasteiger partial charge >= 0.3 is 5.97 Å². The lowest BCUT2D eigenvalue weighted by atomic mass is 10.1. The molecule has 3 aromatic rings. The minimum atomic E-state index is -0.394. The van der Waals surface area contributed by atoms with Crippen molar-refractivity contribution in [3.8, 4) is 0 Å². The van der Waals surface area contributed by atoms with Gasteiger partial charge in [-0.05, 0) is 55.5 Å². The van der Waals surface area contributed by atoms with Crippen LogP contribution in [0, 0.1) is 0 Å². The highest BCUT2D eigenvalue weighted by molar-refractivity contribution is 7.80. The molecule has 0 saturated carbocycles. The number of rotatable bonds is 3. The second-order valence-electron chi connectivity index (χ2n) is 5.35. The highest BCUT2D eigenvalue weighted by Gasteiger charge is 2.08. The first-order valence-electron chi connectivity index (χ1n) is 7.45. The maximum Gasteiger partial charge on any atom is 0.337 e. The van der Waals surface area contributed by atoms with Gasteiger partial charge in [-0.1, -0.05) is 23.8 Å². The summed E-state index contributed by atoms with van der Waals surface area (Å²) in [4.78, 5) is 16.7. The smallest absolute Gasteiger partial charge is 0.337 e. The van der Waals surface area contributed by atoms with E-state index in [4.69, 9.17) is 28.2 Å². The van der Waals surface area contributed by atoms with Crippen molar-refractivity contribution in [2.45, 2.75) is 6.92 Å². The van der Waals surface area contributed by atoms with Crippen LogP contribution in [0.4, 0.5) is 5.69 Å². The number of nitrogens with zero attached hydrogens (tertiary/aromatic N) is 1. The van der Waals surface area contributed by atoms with E-state index in [2.05, 4.69) is 9.73 Å². The molecule has 0 amide bonds. The molecule has 0 atom stereocenters. The second-order valence-corrected chi connectivity index (χ2v) is 6.40. The molecule has 1 heterocycles. The summed E-state index contributed by atoms with van der Waals surface area (Å²) in [6.07, 6.45) is 0. The number of ether oxygens (including phenoxy) is 1. The highest BCUT2D eigenvalue weighted by atomic mass is 35.5. The number of carbonyl (C=O) groups excluding carboxylic acids is 1. The number of methoxy groups -OCH3 is 1. The third-order valence-corrected chi connectivity index (χ3v) is 4.06. The fourth-order valence-electron chi connectivity index (χ4n) is 2.34. The fraction of sp³-hybridized carbons (Fsp3) is 0.105. The molecule has 0 aliphatic rings. The molecule has 3 rings (SSSR count). The fourth-order valence-corrected chi connectivity index (χ4v) is 2.67. The van der Waals surface area contributed by atoms with Crippen LogP contribution in [0.1, 0.15) is 22.8 Å². The first-order valence-corrected chi connectivity index (χ1v) is 8.24. The van der Waals surface area contributed by atoms with Crippen molar-refractivity contribution < 1.29 is 13.9 Å². The predicted octanol–water partition coefficient (Wildman–Crippen LogP) is 4.84. The van der Waals surface area contributed by atoms with Crippen LogP contribution in [0.15, 0.2) is 57.9 Å². The number of thiocarbonyl (C=S) groups is 1. The van der Waals surface area contributed by atoms with Gasteiger partial charge < -0.3 is 9.15 Å². The van der Waals surface area contributed by atoms with Gasteiger partial charge in [-0.25, -0.2) is 9.79 Å². The van der Waals surface area contributed by atoms with E-state index in [1.165, 1.54) is 7.11 Å². The van der Waals surface area contributed by atoms with Gasteiger partial charge in [0.05, 0.1) is 23.9 Å². The lowest BCUT2D eigenvalue weighted by Crippen LogP contribution is -2.12. The number of halogens is 1. The van der Waals surface area contributed by atoms with E-state index in [0.29, 0.717) is 32.3 Å². The van der Waals surface area contributed by atoms with Crippen molar-refractivity contribution in [2.75, 3.05) is 7.11 Å². The Morgan fingerprint density at radius 1 is 1.16 bits per heavy atom. The minimum absolute atomic E-state index is 0.394. The number of esters is 1. The van der Waals surface area contributed by atoms with Crippen LogP contribution in [0.25, 0.3) is 11.0 Å². The molecule has 0 spiro atoms. The molecule has 1 aromatic heterocycles. The molecular formula is C19H14ClNO3S. The van der Waals surface area contributed by atoms with Gasteiger partial charge in [0.25, 0.3) is 0 Å². The summed E-state index contributed by atoms with van der Waals surface area (Å²) in [6.45, 7) is 1.82. The molecule has 0 N–H and O–H groups in total. The summed E-state index contributed by atoms with van der Waals surface area (Å²) < 4.78 is 10.6. The summed E-state index contributed by atoms with van der Waals surface area (Å²) in [5.74, 6) is -0.394. The third kappa shape index (κ3) is 3.78. The lowest BCUT2D eigenvalue weighted by molar-refractivity contribution is 0.0601. The van der Waals surface area contributed by atoms with Crippen LogP contribution >= 0.6 is 23.8 Å². The summed E-state index contributed by atoms with van der Waals surface area (Å²) in [5, 5.41) is 1.48. The van der Waals surface area contributed by atoms with Crippen LogP contribution in [0.5, 0.6) is 0 Å². The lowest BCUT2D eigenvalue weighted by Gasteiger charge is -2.04. The van der Waals surface area contributed by atoms with Crippen LogP contribution < -0.4 is 5.55 Å². The first-order chi connectivity index (χ1) is 12.0. The maximum atomic E-state index is 11.5. The van der Waals surface area contributed by atoms with E-state index in [9.17, 15) is 4.79 Å². The molecule has 0 aliphatic heterocycles. The summed E-state index contributed by atoms with van der Waals surface area (Å²) >= 11 is 11.4. The minimum Gasteiger partial charge on any atom is -0.465 e. The molecule has 2 aromatic carbocycles. The molecule has 0 bridgehead atoms. The Morgan fingerprint density at radius 3 is 2.52 bits per heavy atom. The van der Waals surface area contributed by atoms with E-state index in [1.807, 2.05) is 19.1 Å². The van der Waals surface area contributed by atoms with Gasteiger partial charge in [-0.3, -0.25) is 0 Å². The molecule has 0 fully saturated rings. The van der Waals surface area contributed by atoms with Crippen LogP contribution in [-0.2, 0) is 4.74 Å². The average Bonchev–Trinajstić information content (AvgIpc) is 2.61. The normalized spacial score (nSPS) is 11.6. The Kier molecular flexibility index (Phi) is 4.97. The number of hydrogen-bond acceptors (Lipinski definition) is 5. The van der Waals surface area contributed by atoms with Crippen LogP contribution in [0.3, 0.4) is 0 Å². The van der Waals surface area contributed by atoms with E-state index in [1.54, 1.807) is 36.4 Å². The first kappa shape index (κ1) is 17.3. The standard InChI is InChI=1S/C19H14ClNO3S/c1-11(25)16-10-13-9-14(20)5-8-17(13)24-18(16)21-15-6-3-12(4-7-15)19(22)23-2/h3-10H,1-2H3. The van der Waals surface area contributed by atoms with Gasteiger partial charge in [0.1, 0.15) is 5.58 Å². The molecule has 0 radical (unpaired) electrons. The number of carbonyl (C=O) groups is 1. The monoisotopic (exact) mass is 371 g/mol. The van der Waals surface area contributed by atoms with E-state index < -0.39 is 5.97 Å². The van der Waals surface area contributed by atoms with Crippen molar-refractivity contribution in [2.24, 2.45) is 4.99 Å². The molecule has 6 heteroatoms. The Bertz CT molecular complexity index is 1040. The zero-order valence-electron chi connectivity index (χ0n) is 13.6. The van der Waals surface area contributed by atoms with E-state index in [-0.39, 0.29) is 0 Å². The number of fused-ring (bicyclic) bond motifs is 1. The molecule has 0 saturated heterocycles. The topological polar surface area (TPSA) is 51.8 Å². The molecule has 25 heavy (non-hydrogen) atoms. The highest BCUT2D eigenvalue weighted by Crippen LogP contribution is 2.20. The molecular weight excluding hydrogens is 358 g/mol. The Hall–Kier alpha value is -2.50. The van der Waals surface area contributed by atoms with Crippen molar-refractivity contribution in [3.05, 3.63) is 70.2 Å². The van der Waals surface area contributed by atoms with Crippen molar-refractivity contribution >= 4 is 51.3 Å². The number of hydrogen-bond donors (Lipinski definition) is 0. The second kappa shape index (κ2) is 7.17. The van der Waals surface area contributed by atoms with Crippen molar-refractivity contribution in [3.63, 3.8) is 0 Å². The van der Waals surface area contributed by atoms with Gasteiger partial charge in [0.15, 0.2) is 0 Å². The van der Waals surface area contributed by atoms with Crippen LogP contribution in [0.2, 0.25) is 5.02 Å². The van der Waals surface area contributed by atoms with Crippen LogP contribution in [-0.4, -0.2) is 17.9 Å². The SMILES string of the molecule is COC(=O)c1ccc(N=c2oc3ccc(Cl)cc3cc2C(C)=S)cc1. The summed E-state index contributed by atoms with van der Waals surface area (Å²) in [7, 11) is 1.34. The van der Waals surface area contributed by atoms with Crippen molar-refractivity contribution in [1.29, 1.82) is 0 Å². The Balaban J connectivity index is 2.14. The zero-order valence-corrected chi connectivity index (χ0v) is 15.1. The van der Waals surface area contributed by atoms with Gasteiger partial charge in [-0.2, -0.15) is 0 Å². The predicted molar refractivity (Wildman–Crippen MR) is 102 cm³/mol.